The molecule has 0 fully saturated rings. The Balaban J connectivity index is 1.78. The molecular weight excluding hydrogens is 571 g/mol. The molecule has 1 unspecified atom stereocenters. The van der Waals surface area contributed by atoms with Crippen molar-refractivity contribution in [2.24, 2.45) is 4.99 Å². The van der Waals surface area contributed by atoms with E-state index in [2.05, 4.69) is 36.5 Å². The van der Waals surface area contributed by atoms with Gasteiger partial charge in [-0.3, -0.25) is 5.32 Å². The van der Waals surface area contributed by atoms with E-state index in [0.717, 1.165) is 5.56 Å². The van der Waals surface area contributed by atoms with Crippen LogP contribution in [-0.2, 0) is 6.61 Å². The number of anilines is 3. The number of ether oxygens (including phenoxy) is 2. The Bertz CT molecular complexity index is 1480. The van der Waals surface area contributed by atoms with E-state index in [0.29, 0.717) is 37.1 Å². The molecule has 0 radical (unpaired) electrons. The zero-order valence-electron chi connectivity index (χ0n) is 18.6. The van der Waals surface area contributed by atoms with E-state index in [1.165, 1.54) is 7.11 Å². The fourth-order valence-electron chi connectivity index (χ4n) is 3.63. The first kappa shape index (κ1) is 25.2. The summed E-state index contributed by atoms with van der Waals surface area (Å²) in [6.45, 7) is 0.171. The highest BCUT2D eigenvalue weighted by atomic mass is 79.9. The zero-order chi connectivity index (χ0) is 26.0. The summed E-state index contributed by atoms with van der Waals surface area (Å²) in [5.74, 6) is 1.21. The molecule has 2 aromatic carbocycles. The van der Waals surface area contributed by atoms with Crippen LogP contribution in [0.2, 0.25) is 10.0 Å². The van der Waals surface area contributed by atoms with Crippen LogP contribution >= 0.6 is 39.1 Å². The standard InChI is InChI=1S/C23H17BrCl2N8O2/c1-35-16-5-12(14(24)6-17(16)36-8-10-2-3-11(25)4-15(10)26)20-18-19(29)13(7-27)21(30)33-22(18)34-23(32-20)31-9-28/h2-6,20H,8H2,1H3,(H6,29,30,31,32,33,34). The fourth-order valence-corrected chi connectivity index (χ4v) is 4.64. The number of nitrogens with zero attached hydrogens (tertiary/aromatic N) is 4. The van der Waals surface area contributed by atoms with Crippen LogP contribution < -0.4 is 31.6 Å². The van der Waals surface area contributed by atoms with Gasteiger partial charge in [-0.25, -0.2) is 9.98 Å². The number of guanidine groups is 1. The molecule has 0 aliphatic carbocycles. The average Bonchev–Trinajstić information content (AvgIpc) is 2.83. The van der Waals surface area contributed by atoms with Gasteiger partial charge in [-0.1, -0.05) is 45.2 Å². The monoisotopic (exact) mass is 586 g/mol. The van der Waals surface area contributed by atoms with Crippen LogP contribution in [-0.4, -0.2) is 18.1 Å². The van der Waals surface area contributed by atoms with Gasteiger partial charge in [-0.2, -0.15) is 10.5 Å². The number of nitriles is 2. The molecule has 6 N–H and O–H groups in total. The van der Waals surface area contributed by atoms with E-state index in [4.69, 9.17) is 49.4 Å². The Hall–Kier alpha value is -3.90. The molecule has 1 aliphatic rings. The van der Waals surface area contributed by atoms with Gasteiger partial charge < -0.3 is 26.3 Å². The van der Waals surface area contributed by atoms with E-state index in [-0.39, 0.29) is 35.5 Å². The number of hydrogen-bond donors (Lipinski definition) is 4. The molecular formula is C23H17BrCl2N8O2. The first-order valence-electron chi connectivity index (χ1n) is 10.2. The van der Waals surface area contributed by atoms with Gasteiger partial charge >= 0.3 is 0 Å². The second kappa shape index (κ2) is 10.4. The number of nitrogen functional groups attached to an aromatic ring is 2. The molecule has 0 spiro atoms. The van der Waals surface area contributed by atoms with Crippen molar-refractivity contribution in [3.05, 3.63) is 67.1 Å². The first-order valence-corrected chi connectivity index (χ1v) is 11.7. The van der Waals surface area contributed by atoms with Gasteiger partial charge in [0.25, 0.3) is 0 Å². The molecule has 0 amide bonds. The van der Waals surface area contributed by atoms with Crippen molar-refractivity contribution < 1.29 is 9.47 Å². The summed E-state index contributed by atoms with van der Waals surface area (Å²) in [6, 6.07) is 9.79. The molecule has 1 aliphatic heterocycles. The van der Waals surface area contributed by atoms with Gasteiger partial charge in [0, 0.05) is 25.6 Å². The number of pyridine rings is 1. The molecule has 1 atom stereocenters. The van der Waals surface area contributed by atoms with Gasteiger partial charge in [0.15, 0.2) is 17.7 Å². The third kappa shape index (κ3) is 4.77. The summed E-state index contributed by atoms with van der Waals surface area (Å²) in [5.41, 5.74) is 14.2. The predicted octanol–water partition coefficient (Wildman–Crippen LogP) is 4.72. The number of fused-ring (bicyclic) bond motifs is 1. The molecule has 4 rings (SSSR count). The lowest BCUT2D eigenvalue weighted by Gasteiger charge is -2.27. The van der Waals surface area contributed by atoms with Crippen molar-refractivity contribution in [2.75, 3.05) is 23.9 Å². The summed E-state index contributed by atoms with van der Waals surface area (Å²) in [5, 5.41) is 25.0. The molecule has 0 saturated heterocycles. The summed E-state index contributed by atoms with van der Waals surface area (Å²) < 4.78 is 12.2. The summed E-state index contributed by atoms with van der Waals surface area (Å²) in [4.78, 5) is 8.84. The van der Waals surface area contributed by atoms with Crippen LogP contribution in [0.15, 0.2) is 39.8 Å². The maximum Gasteiger partial charge on any atom is 0.211 e. The highest BCUT2D eigenvalue weighted by Crippen LogP contribution is 2.45. The number of methoxy groups -OCH3 is 1. The third-order valence-electron chi connectivity index (χ3n) is 5.33. The number of nitrogens with one attached hydrogen (secondary N) is 2. The second-order valence-corrected chi connectivity index (χ2v) is 9.15. The smallest absolute Gasteiger partial charge is 0.211 e. The van der Waals surface area contributed by atoms with Crippen molar-refractivity contribution in [2.45, 2.75) is 12.6 Å². The Kier molecular flexibility index (Phi) is 7.27. The van der Waals surface area contributed by atoms with E-state index in [1.807, 2.05) is 12.3 Å². The minimum Gasteiger partial charge on any atom is -0.493 e. The number of aliphatic imine (C=N–C) groups is 1. The maximum atomic E-state index is 9.53. The number of aromatic nitrogens is 1. The second-order valence-electron chi connectivity index (χ2n) is 7.45. The van der Waals surface area contributed by atoms with Crippen molar-refractivity contribution >= 4 is 62.4 Å². The Morgan fingerprint density at radius 1 is 1.19 bits per heavy atom. The number of rotatable bonds is 5. The van der Waals surface area contributed by atoms with Gasteiger partial charge in [0.2, 0.25) is 5.96 Å². The first-order chi connectivity index (χ1) is 17.3. The zero-order valence-corrected chi connectivity index (χ0v) is 21.7. The highest BCUT2D eigenvalue weighted by molar-refractivity contribution is 9.10. The Morgan fingerprint density at radius 3 is 2.64 bits per heavy atom. The summed E-state index contributed by atoms with van der Waals surface area (Å²) in [6.07, 6.45) is 1.82. The predicted molar refractivity (Wildman–Crippen MR) is 141 cm³/mol. The van der Waals surface area contributed by atoms with Crippen molar-refractivity contribution in [3.63, 3.8) is 0 Å². The van der Waals surface area contributed by atoms with E-state index in [9.17, 15) is 5.26 Å². The van der Waals surface area contributed by atoms with Gasteiger partial charge in [0.1, 0.15) is 35.9 Å². The number of halogens is 3. The molecule has 3 aromatic rings. The van der Waals surface area contributed by atoms with Crippen LogP contribution in [0.5, 0.6) is 11.5 Å². The third-order valence-corrected chi connectivity index (χ3v) is 6.61. The Labute approximate surface area is 224 Å². The van der Waals surface area contributed by atoms with Crippen LogP contribution in [0.25, 0.3) is 0 Å². The lowest BCUT2D eigenvalue weighted by Crippen LogP contribution is -2.32. The number of hydrogen-bond acceptors (Lipinski definition) is 10. The van der Waals surface area contributed by atoms with E-state index >= 15 is 0 Å². The fraction of sp³-hybridized carbons (Fsp3) is 0.130. The molecule has 13 heteroatoms. The topological polar surface area (TPSA) is 167 Å². The number of benzene rings is 2. The molecule has 182 valence electrons. The minimum atomic E-state index is -0.764. The average molecular weight is 588 g/mol. The molecule has 1 aromatic heterocycles. The molecule has 36 heavy (non-hydrogen) atoms. The summed E-state index contributed by atoms with van der Waals surface area (Å²) >= 11 is 15.8. The SMILES string of the molecule is COc1cc(C2N=C(NC#N)Nc3nc(N)c(C#N)c(N)c32)c(Br)cc1OCc1ccc(Cl)cc1Cl. The molecule has 10 nitrogen and oxygen atoms in total. The summed E-state index contributed by atoms with van der Waals surface area (Å²) in [7, 11) is 1.50. The van der Waals surface area contributed by atoms with Crippen molar-refractivity contribution in [1.29, 1.82) is 10.5 Å². The van der Waals surface area contributed by atoms with Gasteiger partial charge in [-0.05, 0) is 29.8 Å². The van der Waals surface area contributed by atoms with E-state index < -0.39 is 6.04 Å². The minimum absolute atomic E-state index is 0.0373. The van der Waals surface area contributed by atoms with Crippen molar-refractivity contribution in [3.8, 4) is 23.8 Å². The number of nitrogens with two attached hydrogens (primary N) is 2. The maximum absolute atomic E-state index is 9.53. The van der Waals surface area contributed by atoms with Gasteiger partial charge in [-0.15, -0.1) is 0 Å². The van der Waals surface area contributed by atoms with Crippen molar-refractivity contribution in [1.82, 2.24) is 10.3 Å². The van der Waals surface area contributed by atoms with Gasteiger partial charge in [0.05, 0.1) is 12.8 Å². The van der Waals surface area contributed by atoms with Crippen LogP contribution in [0, 0.1) is 22.8 Å². The normalized spacial score (nSPS) is 13.9. The van der Waals surface area contributed by atoms with E-state index in [1.54, 1.807) is 30.3 Å². The van der Waals surface area contributed by atoms with Crippen LogP contribution in [0.4, 0.5) is 17.3 Å². The van der Waals surface area contributed by atoms with Crippen LogP contribution in [0.1, 0.15) is 28.3 Å². The molecule has 0 saturated carbocycles. The molecule has 2 heterocycles. The quantitative estimate of drug-likeness (QED) is 0.244. The molecule has 0 bridgehead atoms. The highest BCUT2D eigenvalue weighted by Gasteiger charge is 2.31. The lowest BCUT2D eigenvalue weighted by atomic mass is 9.95. The largest absolute Gasteiger partial charge is 0.493 e. The Morgan fingerprint density at radius 2 is 1.97 bits per heavy atom. The van der Waals surface area contributed by atoms with Crippen LogP contribution in [0.3, 0.4) is 0 Å². The lowest BCUT2D eigenvalue weighted by molar-refractivity contribution is 0.284.